The van der Waals surface area contributed by atoms with Crippen LogP contribution in [0.5, 0.6) is 0 Å². The molecule has 0 fully saturated rings. The Labute approximate surface area is 120 Å². The van der Waals surface area contributed by atoms with Crippen molar-refractivity contribution < 1.29 is 19.5 Å². The van der Waals surface area contributed by atoms with Gasteiger partial charge in [0, 0.05) is 12.3 Å². The van der Waals surface area contributed by atoms with Crippen molar-refractivity contribution in [3.8, 4) is 0 Å². The lowest BCUT2D eigenvalue weighted by atomic mass is 9.87. The van der Waals surface area contributed by atoms with Gasteiger partial charge in [-0.05, 0) is 5.41 Å². The highest BCUT2D eigenvalue weighted by molar-refractivity contribution is 7.14. The molecular weight excluding hydrogens is 282 g/mol. The van der Waals surface area contributed by atoms with Crippen molar-refractivity contribution in [3.05, 3.63) is 11.1 Å². The van der Waals surface area contributed by atoms with Crippen LogP contribution in [0.3, 0.4) is 0 Å². The van der Waals surface area contributed by atoms with Gasteiger partial charge in [0.05, 0.1) is 0 Å². The predicted molar refractivity (Wildman–Crippen MR) is 74.8 cm³/mol. The maximum absolute atomic E-state index is 12.0. The number of carbonyl (C=O) groups excluding carboxylic acids is 2. The first kappa shape index (κ1) is 16.1. The highest BCUT2D eigenvalue weighted by atomic mass is 32.1. The van der Waals surface area contributed by atoms with E-state index in [9.17, 15) is 14.4 Å². The second kappa shape index (κ2) is 6.00. The summed E-state index contributed by atoms with van der Waals surface area (Å²) in [6.45, 7) is 6.49. The first-order chi connectivity index (χ1) is 9.11. The van der Waals surface area contributed by atoms with Crippen molar-refractivity contribution in [3.63, 3.8) is 0 Å². The largest absolute Gasteiger partial charge is 0.480 e. The van der Waals surface area contributed by atoms with Gasteiger partial charge in [-0.1, -0.05) is 20.8 Å². The number of nitrogens with zero attached hydrogens (tertiary/aromatic N) is 1. The summed E-state index contributed by atoms with van der Waals surface area (Å²) in [5, 5.41) is 15.8. The standard InChI is InChI=1S/C12H17N3O4S/c1-6(16)13-11-14-7(5-20-11)9(17)15-8(10(18)19)12(2,3)4/h5,8H,1-4H3,(H,15,17)(H,18,19)(H,13,14,16)/t8-/m1/s1. The molecule has 0 unspecified atom stereocenters. The molecule has 0 aliphatic carbocycles. The molecule has 0 saturated carbocycles. The van der Waals surface area contributed by atoms with E-state index >= 15 is 0 Å². The predicted octanol–water partition coefficient (Wildman–Crippen LogP) is 1.33. The summed E-state index contributed by atoms with van der Waals surface area (Å²) < 4.78 is 0. The minimum atomic E-state index is -1.11. The molecule has 8 heteroatoms. The van der Waals surface area contributed by atoms with E-state index in [1.54, 1.807) is 20.8 Å². The lowest BCUT2D eigenvalue weighted by molar-refractivity contribution is -0.142. The number of amides is 2. The van der Waals surface area contributed by atoms with E-state index in [0.717, 1.165) is 11.3 Å². The van der Waals surface area contributed by atoms with E-state index in [2.05, 4.69) is 15.6 Å². The molecule has 0 spiro atoms. The number of anilines is 1. The first-order valence-corrected chi connectivity index (χ1v) is 6.76. The summed E-state index contributed by atoms with van der Waals surface area (Å²) in [5.74, 6) is -1.98. The van der Waals surface area contributed by atoms with Crippen molar-refractivity contribution >= 4 is 34.3 Å². The maximum atomic E-state index is 12.0. The fraction of sp³-hybridized carbons (Fsp3) is 0.500. The highest BCUT2D eigenvalue weighted by Crippen LogP contribution is 2.21. The van der Waals surface area contributed by atoms with Crippen LogP contribution in [-0.2, 0) is 9.59 Å². The molecule has 0 aliphatic rings. The Morgan fingerprint density at radius 1 is 1.35 bits per heavy atom. The maximum Gasteiger partial charge on any atom is 0.326 e. The zero-order valence-electron chi connectivity index (χ0n) is 11.7. The van der Waals surface area contributed by atoms with Gasteiger partial charge >= 0.3 is 5.97 Å². The Morgan fingerprint density at radius 2 is 1.95 bits per heavy atom. The lowest BCUT2D eigenvalue weighted by Crippen LogP contribution is -2.49. The number of hydrogen-bond acceptors (Lipinski definition) is 5. The summed E-state index contributed by atoms with van der Waals surface area (Å²) in [6.07, 6.45) is 0. The number of carboxylic acids is 1. The van der Waals surface area contributed by atoms with Gasteiger partial charge in [0.25, 0.3) is 5.91 Å². The number of aromatic nitrogens is 1. The smallest absolute Gasteiger partial charge is 0.326 e. The molecule has 3 N–H and O–H groups in total. The monoisotopic (exact) mass is 299 g/mol. The van der Waals surface area contributed by atoms with Gasteiger partial charge < -0.3 is 15.7 Å². The summed E-state index contributed by atoms with van der Waals surface area (Å²) in [5.41, 5.74) is -0.549. The van der Waals surface area contributed by atoms with Crippen molar-refractivity contribution in [1.29, 1.82) is 0 Å². The summed E-state index contributed by atoms with van der Waals surface area (Å²) >= 11 is 1.10. The van der Waals surface area contributed by atoms with E-state index in [0.29, 0.717) is 5.13 Å². The Hall–Kier alpha value is -1.96. The minimum Gasteiger partial charge on any atom is -0.480 e. The molecule has 0 aromatic carbocycles. The molecule has 0 bridgehead atoms. The molecule has 2 amide bonds. The van der Waals surface area contributed by atoms with Gasteiger partial charge in [-0.25, -0.2) is 9.78 Å². The average molecular weight is 299 g/mol. The lowest BCUT2D eigenvalue weighted by Gasteiger charge is -2.27. The SMILES string of the molecule is CC(=O)Nc1nc(C(=O)N[C@H](C(=O)O)C(C)(C)C)cs1. The van der Waals surface area contributed by atoms with E-state index in [1.807, 2.05) is 0 Å². The number of nitrogens with one attached hydrogen (secondary N) is 2. The summed E-state index contributed by atoms with van der Waals surface area (Å²) in [7, 11) is 0. The molecular formula is C12H17N3O4S. The van der Waals surface area contributed by atoms with Crippen LogP contribution in [0.25, 0.3) is 0 Å². The quantitative estimate of drug-likeness (QED) is 0.777. The van der Waals surface area contributed by atoms with Gasteiger partial charge in [-0.2, -0.15) is 0 Å². The Balaban J connectivity index is 2.82. The Kier molecular flexibility index (Phi) is 4.83. The molecule has 110 valence electrons. The molecule has 0 saturated heterocycles. The van der Waals surface area contributed by atoms with E-state index < -0.39 is 23.3 Å². The molecule has 1 aromatic heterocycles. The molecule has 1 heterocycles. The fourth-order valence-corrected chi connectivity index (χ4v) is 2.18. The van der Waals surface area contributed by atoms with Gasteiger partial charge in [-0.3, -0.25) is 9.59 Å². The Bertz CT molecular complexity index is 533. The van der Waals surface area contributed by atoms with Gasteiger partial charge in [0.1, 0.15) is 11.7 Å². The number of rotatable bonds is 4. The number of aliphatic carboxylic acids is 1. The normalized spacial score (nSPS) is 12.6. The third-order valence-electron chi connectivity index (χ3n) is 2.41. The molecule has 20 heavy (non-hydrogen) atoms. The summed E-state index contributed by atoms with van der Waals surface area (Å²) in [6, 6.07) is -1.03. The van der Waals surface area contributed by atoms with Crippen molar-refractivity contribution in [2.75, 3.05) is 5.32 Å². The zero-order valence-corrected chi connectivity index (χ0v) is 12.5. The average Bonchev–Trinajstić information content (AvgIpc) is 2.70. The third-order valence-corrected chi connectivity index (χ3v) is 3.17. The van der Waals surface area contributed by atoms with E-state index in [1.165, 1.54) is 12.3 Å². The molecule has 1 atom stereocenters. The van der Waals surface area contributed by atoms with E-state index in [4.69, 9.17) is 5.11 Å². The molecule has 7 nitrogen and oxygen atoms in total. The molecule has 0 radical (unpaired) electrons. The van der Waals surface area contributed by atoms with Crippen LogP contribution in [-0.4, -0.2) is 33.9 Å². The van der Waals surface area contributed by atoms with Crippen molar-refractivity contribution in [2.24, 2.45) is 5.41 Å². The number of thiazole rings is 1. The van der Waals surface area contributed by atoms with Crippen molar-refractivity contribution in [2.45, 2.75) is 33.7 Å². The minimum absolute atomic E-state index is 0.0780. The Morgan fingerprint density at radius 3 is 2.40 bits per heavy atom. The van der Waals surface area contributed by atoms with Crippen molar-refractivity contribution in [1.82, 2.24) is 10.3 Å². The van der Waals surface area contributed by atoms with Crippen LogP contribution >= 0.6 is 11.3 Å². The first-order valence-electron chi connectivity index (χ1n) is 5.88. The van der Waals surface area contributed by atoms with Gasteiger partial charge in [0.2, 0.25) is 5.91 Å². The summed E-state index contributed by atoms with van der Waals surface area (Å²) in [4.78, 5) is 37.9. The van der Waals surface area contributed by atoms with Crippen LogP contribution in [0, 0.1) is 5.41 Å². The zero-order chi connectivity index (χ0) is 15.5. The highest BCUT2D eigenvalue weighted by Gasteiger charge is 2.33. The molecule has 1 rings (SSSR count). The number of hydrogen-bond donors (Lipinski definition) is 3. The van der Waals surface area contributed by atoms with Crippen LogP contribution < -0.4 is 10.6 Å². The molecule has 0 aliphatic heterocycles. The van der Waals surface area contributed by atoms with Gasteiger partial charge in [-0.15, -0.1) is 11.3 Å². The second-order valence-corrected chi connectivity index (χ2v) is 6.19. The van der Waals surface area contributed by atoms with E-state index in [-0.39, 0.29) is 11.6 Å². The van der Waals surface area contributed by atoms with Crippen LogP contribution in [0.1, 0.15) is 38.2 Å². The molecule has 1 aromatic rings. The fourth-order valence-electron chi connectivity index (χ4n) is 1.44. The number of carboxylic acid groups (broad SMARTS) is 1. The van der Waals surface area contributed by atoms with Crippen LogP contribution in [0.15, 0.2) is 5.38 Å². The third kappa shape index (κ3) is 4.30. The van der Waals surface area contributed by atoms with Crippen LogP contribution in [0.4, 0.5) is 5.13 Å². The number of carbonyl (C=O) groups is 3. The second-order valence-electron chi connectivity index (χ2n) is 5.33. The topological polar surface area (TPSA) is 108 Å². The van der Waals surface area contributed by atoms with Gasteiger partial charge in [0.15, 0.2) is 5.13 Å². The van der Waals surface area contributed by atoms with Crippen LogP contribution in [0.2, 0.25) is 0 Å².